The minimum Gasteiger partial charge on any atom is -0.484 e. The number of nitrogens with one attached hydrogen (secondary N) is 1. The molecule has 1 unspecified atom stereocenters. The monoisotopic (exact) mass is 339 g/mol. The Balaban J connectivity index is 1.66. The summed E-state index contributed by atoms with van der Waals surface area (Å²) in [7, 11) is 0. The third-order valence-corrected chi connectivity index (χ3v) is 4.18. The van der Waals surface area contributed by atoms with Gasteiger partial charge in [0.05, 0.1) is 0 Å². The van der Waals surface area contributed by atoms with Crippen molar-refractivity contribution < 1.29 is 14.3 Å². The van der Waals surface area contributed by atoms with Gasteiger partial charge in [0.2, 0.25) is 5.91 Å². The lowest BCUT2D eigenvalue weighted by Gasteiger charge is -2.18. The summed E-state index contributed by atoms with van der Waals surface area (Å²) in [6, 6.07) is 14.8. The number of hydrogen-bond acceptors (Lipinski definition) is 4. The molecule has 3 rings (SSSR count). The average molecular weight is 339 g/mol. The standard InChI is InChI=1S/C19H21N3O3/c1-13-11-15(25-12-18(20)23)7-8-16(13)21-17-9-10-22(19(17)24)14-5-3-2-4-6-14/h2-8,11,17,21H,9-10,12H2,1H3,(H2,20,23). The van der Waals surface area contributed by atoms with Crippen molar-refractivity contribution in [3.05, 3.63) is 54.1 Å². The fraction of sp³-hybridized carbons (Fsp3) is 0.263. The van der Waals surface area contributed by atoms with Crippen molar-refractivity contribution in [3.63, 3.8) is 0 Å². The number of para-hydroxylation sites is 1. The first-order chi connectivity index (χ1) is 12.0. The second-order valence-electron chi connectivity index (χ2n) is 6.04. The van der Waals surface area contributed by atoms with E-state index < -0.39 is 5.91 Å². The summed E-state index contributed by atoms with van der Waals surface area (Å²) in [4.78, 5) is 25.2. The van der Waals surface area contributed by atoms with Crippen LogP contribution in [0.15, 0.2) is 48.5 Å². The van der Waals surface area contributed by atoms with E-state index in [0.717, 1.165) is 23.4 Å². The predicted molar refractivity (Wildman–Crippen MR) is 96.7 cm³/mol. The van der Waals surface area contributed by atoms with Gasteiger partial charge in [0.1, 0.15) is 11.8 Å². The van der Waals surface area contributed by atoms with Gasteiger partial charge in [-0.15, -0.1) is 0 Å². The second-order valence-corrected chi connectivity index (χ2v) is 6.04. The van der Waals surface area contributed by atoms with E-state index in [1.807, 2.05) is 49.4 Å². The number of amides is 2. The number of rotatable bonds is 6. The van der Waals surface area contributed by atoms with Gasteiger partial charge in [-0.2, -0.15) is 0 Å². The van der Waals surface area contributed by atoms with Crippen LogP contribution in [-0.4, -0.2) is 31.0 Å². The van der Waals surface area contributed by atoms with E-state index >= 15 is 0 Å². The topological polar surface area (TPSA) is 84.7 Å². The Morgan fingerprint density at radius 2 is 2.04 bits per heavy atom. The SMILES string of the molecule is Cc1cc(OCC(N)=O)ccc1NC1CCN(c2ccccc2)C1=O. The molecule has 0 saturated carbocycles. The Morgan fingerprint density at radius 1 is 1.28 bits per heavy atom. The zero-order valence-corrected chi connectivity index (χ0v) is 14.1. The Labute approximate surface area is 146 Å². The molecule has 0 aliphatic carbocycles. The fourth-order valence-electron chi connectivity index (χ4n) is 2.91. The molecule has 0 spiro atoms. The van der Waals surface area contributed by atoms with Gasteiger partial charge >= 0.3 is 0 Å². The van der Waals surface area contributed by atoms with Crippen LogP contribution in [0.1, 0.15) is 12.0 Å². The number of carbonyl (C=O) groups is 2. The molecule has 1 atom stereocenters. The van der Waals surface area contributed by atoms with Crippen molar-refractivity contribution in [1.29, 1.82) is 0 Å². The quantitative estimate of drug-likeness (QED) is 0.844. The van der Waals surface area contributed by atoms with Crippen molar-refractivity contribution in [3.8, 4) is 5.75 Å². The molecule has 2 aromatic carbocycles. The van der Waals surface area contributed by atoms with Gasteiger partial charge in [-0.1, -0.05) is 18.2 Å². The van der Waals surface area contributed by atoms with E-state index in [1.165, 1.54) is 0 Å². The Bertz CT molecular complexity index is 777. The zero-order chi connectivity index (χ0) is 17.8. The highest BCUT2D eigenvalue weighted by atomic mass is 16.5. The maximum absolute atomic E-state index is 12.7. The van der Waals surface area contributed by atoms with Crippen LogP contribution in [0.2, 0.25) is 0 Å². The van der Waals surface area contributed by atoms with Gasteiger partial charge in [-0.25, -0.2) is 0 Å². The predicted octanol–water partition coefficient (Wildman–Crippen LogP) is 2.08. The van der Waals surface area contributed by atoms with Gasteiger partial charge in [-0.05, 0) is 49.2 Å². The Hall–Kier alpha value is -3.02. The summed E-state index contributed by atoms with van der Waals surface area (Å²) in [5.74, 6) is 0.127. The highest BCUT2D eigenvalue weighted by Crippen LogP contribution is 2.26. The lowest BCUT2D eigenvalue weighted by atomic mass is 10.1. The van der Waals surface area contributed by atoms with Gasteiger partial charge in [0, 0.05) is 17.9 Å². The van der Waals surface area contributed by atoms with Crippen molar-refractivity contribution in [2.75, 3.05) is 23.4 Å². The van der Waals surface area contributed by atoms with Crippen molar-refractivity contribution in [2.45, 2.75) is 19.4 Å². The van der Waals surface area contributed by atoms with Gasteiger partial charge in [0.25, 0.3) is 5.91 Å². The first-order valence-electron chi connectivity index (χ1n) is 8.19. The number of nitrogens with zero attached hydrogens (tertiary/aromatic N) is 1. The number of ether oxygens (including phenoxy) is 1. The van der Waals surface area contributed by atoms with E-state index in [9.17, 15) is 9.59 Å². The summed E-state index contributed by atoms with van der Waals surface area (Å²) in [6.07, 6.45) is 0.743. The highest BCUT2D eigenvalue weighted by Gasteiger charge is 2.32. The van der Waals surface area contributed by atoms with Crippen LogP contribution >= 0.6 is 0 Å². The molecule has 1 saturated heterocycles. The van der Waals surface area contributed by atoms with Crippen LogP contribution < -0.4 is 20.7 Å². The molecule has 6 nitrogen and oxygen atoms in total. The van der Waals surface area contributed by atoms with Gasteiger partial charge in [0.15, 0.2) is 6.61 Å². The lowest BCUT2D eigenvalue weighted by Crippen LogP contribution is -2.33. The van der Waals surface area contributed by atoms with E-state index in [0.29, 0.717) is 12.3 Å². The molecule has 1 fully saturated rings. The van der Waals surface area contributed by atoms with Crippen molar-refractivity contribution in [2.24, 2.45) is 5.73 Å². The molecule has 6 heteroatoms. The van der Waals surface area contributed by atoms with Gasteiger partial charge in [-0.3, -0.25) is 9.59 Å². The molecule has 2 aromatic rings. The zero-order valence-electron chi connectivity index (χ0n) is 14.1. The lowest BCUT2D eigenvalue weighted by molar-refractivity contribution is -0.120. The largest absolute Gasteiger partial charge is 0.484 e. The third kappa shape index (κ3) is 3.91. The molecular weight excluding hydrogens is 318 g/mol. The minimum atomic E-state index is -0.516. The number of benzene rings is 2. The highest BCUT2D eigenvalue weighted by molar-refractivity contribution is 6.01. The third-order valence-electron chi connectivity index (χ3n) is 4.18. The Morgan fingerprint density at radius 3 is 2.72 bits per heavy atom. The molecule has 25 heavy (non-hydrogen) atoms. The minimum absolute atomic E-state index is 0.0691. The van der Waals surface area contributed by atoms with Crippen LogP contribution in [0.3, 0.4) is 0 Å². The summed E-state index contributed by atoms with van der Waals surface area (Å²) < 4.78 is 5.29. The molecule has 130 valence electrons. The van der Waals surface area contributed by atoms with Crippen LogP contribution in [-0.2, 0) is 9.59 Å². The van der Waals surface area contributed by atoms with Crippen molar-refractivity contribution in [1.82, 2.24) is 0 Å². The second kappa shape index (κ2) is 7.25. The van der Waals surface area contributed by atoms with E-state index in [1.54, 1.807) is 11.0 Å². The molecule has 0 bridgehead atoms. The Kier molecular flexibility index (Phi) is 4.88. The number of aryl methyl sites for hydroxylation is 1. The number of carbonyl (C=O) groups excluding carboxylic acids is 2. The summed E-state index contributed by atoms with van der Waals surface area (Å²) >= 11 is 0. The van der Waals surface area contributed by atoms with E-state index in [-0.39, 0.29) is 18.6 Å². The number of primary amides is 1. The van der Waals surface area contributed by atoms with Crippen LogP contribution in [0.4, 0.5) is 11.4 Å². The molecule has 3 N–H and O–H groups in total. The normalized spacial score (nSPS) is 16.8. The molecule has 1 aliphatic rings. The first kappa shape index (κ1) is 16.8. The maximum atomic E-state index is 12.7. The first-order valence-corrected chi connectivity index (χ1v) is 8.19. The van der Waals surface area contributed by atoms with Crippen LogP contribution in [0.5, 0.6) is 5.75 Å². The molecular formula is C19H21N3O3. The molecule has 2 amide bonds. The summed E-state index contributed by atoms with van der Waals surface area (Å²) in [5.41, 5.74) is 7.81. The van der Waals surface area contributed by atoms with Crippen molar-refractivity contribution >= 4 is 23.2 Å². The maximum Gasteiger partial charge on any atom is 0.255 e. The summed E-state index contributed by atoms with van der Waals surface area (Å²) in [5, 5.41) is 3.31. The molecule has 1 heterocycles. The fourth-order valence-corrected chi connectivity index (χ4v) is 2.91. The van der Waals surface area contributed by atoms with Gasteiger partial charge < -0.3 is 20.7 Å². The summed E-state index contributed by atoms with van der Waals surface area (Å²) in [6.45, 7) is 2.46. The van der Waals surface area contributed by atoms with E-state index in [2.05, 4.69) is 5.32 Å². The average Bonchev–Trinajstić information content (AvgIpc) is 2.96. The molecule has 1 aliphatic heterocycles. The van der Waals surface area contributed by atoms with Crippen LogP contribution in [0, 0.1) is 6.92 Å². The number of nitrogens with two attached hydrogens (primary N) is 1. The number of anilines is 2. The molecule has 0 aromatic heterocycles. The van der Waals surface area contributed by atoms with E-state index in [4.69, 9.17) is 10.5 Å². The van der Waals surface area contributed by atoms with Crippen LogP contribution in [0.25, 0.3) is 0 Å². The number of hydrogen-bond donors (Lipinski definition) is 2. The molecule has 0 radical (unpaired) electrons. The smallest absolute Gasteiger partial charge is 0.255 e.